The third-order valence-corrected chi connectivity index (χ3v) is 4.26. The van der Waals surface area contributed by atoms with Crippen molar-refractivity contribution in [3.63, 3.8) is 0 Å². The first kappa shape index (κ1) is 13.3. The Hall–Kier alpha value is -1.65. The summed E-state index contributed by atoms with van der Waals surface area (Å²) in [6, 6.07) is 0. The normalized spacial score (nSPS) is 23.4. The molecule has 0 aliphatic carbocycles. The summed E-state index contributed by atoms with van der Waals surface area (Å²) in [6.45, 7) is 3.67. The fourth-order valence-corrected chi connectivity index (χ4v) is 3.20. The summed E-state index contributed by atoms with van der Waals surface area (Å²) < 4.78 is 3.54. The number of nitrogens with zero attached hydrogens (tertiary/aromatic N) is 6. The topological polar surface area (TPSA) is 91.8 Å². The van der Waals surface area contributed by atoms with Crippen LogP contribution in [-0.2, 0) is 7.05 Å². The molecular weight excluding hydrogens is 282 g/mol. The SMILES string of the molecule is Cn1cc([N+](=O)[O-])nc1C1C=NN(N2CCNCC2)S1. The smallest absolute Gasteiger partial charge is 0.358 e. The number of nitro groups is 1. The zero-order valence-corrected chi connectivity index (χ0v) is 11.8. The monoisotopic (exact) mass is 297 g/mol. The summed E-state index contributed by atoms with van der Waals surface area (Å²) in [5, 5.41) is 20.5. The van der Waals surface area contributed by atoms with Gasteiger partial charge < -0.3 is 20.0 Å². The van der Waals surface area contributed by atoms with Gasteiger partial charge in [0.25, 0.3) is 0 Å². The fourth-order valence-electron chi connectivity index (χ4n) is 2.17. The minimum absolute atomic E-state index is 0.0939. The second-order valence-electron chi connectivity index (χ2n) is 4.57. The lowest BCUT2D eigenvalue weighted by atomic mass is 10.4. The summed E-state index contributed by atoms with van der Waals surface area (Å²) in [4.78, 5) is 14.3. The highest BCUT2D eigenvalue weighted by molar-refractivity contribution is 7.98. The number of aryl methyl sites for hydroxylation is 1. The standard InChI is InChI=1S/C10H15N7O2S/c1-14-7-9(16(18)19)13-10(14)8-6-12-17(20-8)15-4-2-11-3-5-15/h6-8,11H,2-5H2,1H3. The molecule has 0 aromatic carbocycles. The van der Waals surface area contributed by atoms with Crippen LogP contribution in [0.15, 0.2) is 11.3 Å². The molecule has 10 heteroatoms. The third-order valence-electron chi connectivity index (χ3n) is 3.19. The Bertz CT molecular complexity index is 540. The Morgan fingerprint density at radius 2 is 2.25 bits per heavy atom. The summed E-state index contributed by atoms with van der Waals surface area (Å²) in [7, 11) is 1.76. The Balaban J connectivity index is 1.71. The van der Waals surface area contributed by atoms with Crippen LogP contribution in [0.3, 0.4) is 0 Å². The number of rotatable bonds is 3. The highest BCUT2D eigenvalue weighted by Gasteiger charge is 2.32. The molecule has 9 nitrogen and oxygen atoms in total. The fraction of sp³-hybridized carbons (Fsp3) is 0.600. The molecule has 1 saturated heterocycles. The average Bonchev–Trinajstić information content (AvgIpc) is 3.06. The van der Waals surface area contributed by atoms with Crippen LogP contribution >= 0.6 is 11.9 Å². The summed E-state index contributed by atoms with van der Waals surface area (Å²) in [5.41, 5.74) is 0. The van der Waals surface area contributed by atoms with Crippen LogP contribution in [0.1, 0.15) is 11.1 Å². The van der Waals surface area contributed by atoms with Crippen molar-refractivity contribution >= 4 is 24.0 Å². The molecule has 1 fully saturated rings. The number of imidazole rings is 1. The molecule has 0 bridgehead atoms. The molecule has 0 saturated carbocycles. The van der Waals surface area contributed by atoms with E-state index in [0.29, 0.717) is 5.82 Å². The molecule has 3 heterocycles. The molecule has 20 heavy (non-hydrogen) atoms. The molecule has 3 rings (SSSR count). The van der Waals surface area contributed by atoms with Crippen LogP contribution in [0.25, 0.3) is 0 Å². The van der Waals surface area contributed by atoms with Gasteiger partial charge in [-0.2, -0.15) is 14.6 Å². The minimum Gasteiger partial charge on any atom is -0.358 e. The number of hydrazone groups is 1. The van der Waals surface area contributed by atoms with E-state index in [2.05, 4.69) is 20.4 Å². The molecule has 0 spiro atoms. The van der Waals surface area contributed by atoms with Crippen LogP contribution < -0.4 is 5.32 Å². The van der Waals surface area contributed by atoms with Crippen molar-refractivity contribution in [1.82, 2.24) is 24.4 Å². The lowest BCUT2D eigenvalue weighted by Gasteiger charge is -2.32. The van der Waals surface area contributed by atoms with Crippen molar-refractivity contribution in [2.24, 2.45) is 12.1 Å². The molecule has 1 aromatic rings. The van der Waals surface area contributed by atoms with Crippen LogP contribution in [0.4, 0.5) is 5.82 Å². The maximum atomic E-state index is 10.8. The number of hydrogen-bond acceptors (Lipinski definition) is 8. The van der Waals surface area contributed by atoms with Gasteiger partial charge >= 0.3 is 5.82 Å². The van der Waals surface area contributed by atoms with Gasteiger partial charge in [0.1, 0.15) is 11.4 Å². The highest BCUT2D eigenvalue weighted by atomic mass is 32.2. The Kier molecular flexibility index (Phi) is 3.59. The van der Waals surface area contributed by atoms with Gasteiger partial charge in [-0.25, -0.2) is 0 Å². The van der Waals surface area contributed by atoms with Crippen molar-refractivity contribution in [2.45, 2.75) is 5.25 Å². The summed E-state index contributed by atoms with van der Waals surface area (Å²) >= 11 is 1.51. The van der Waals surface area contributed by atoms with E-state index in [0.717, 1.165) is 26.2 Å². The van der Waals surface area contributed by atoms with Gasteiger partial charge in [0.15, 0.2) is 0 Å². The van der Waals surface area contributed by atoms with E-state index in [1.165, 1.54) is 18.1 Å². The van der Waals surface area contributed by atoms with Gasteiger partial charge in [-0.15, -0.1) is 0 Å². The van der Waals surface area contributed by atoms with E-state index in [1.807, 2.05) is 4.52 Å². The highest BCUT2D eigenvalue weighted by Crippen LogP contribution is 2.36. The Labute approximate surface area is 119 Å². The molecule has 1 N–H and O–H groups in total. The van der Waals surface area contributed by atoms with Gasteiger partial charge in [0.2, 0.25) is 5.82 Å². The first-order valence-electron chi connectivity index (χ1n) is 6.29. The van der Waals surface area contributed by atoms with Crippen LogP contribution in [0, 0.1) is 10.1 Å². The van der Waals surface area contributed by atoms with E-state index >= 15 is 0 Å². The number of piperazine rings is 1. The Morgan fingerprint density at radius 1 is 1.50 bits per heavy atom. The molecule has 1 atom stereocenters. The second kappa shape index (κ2) is 5.38. The van der Waals surface area contributed by atoms with Crippen LogP contribution in [-0.4, -0.2) is 56.4 Å². The lowest BCUT2D eigenvalue weighted by Crippen LogP contribution is -2.47. The molecule has 0 amide bonds. The lowest BCUT2D eigenvalue weighted by molar-refractivity contribution is -0.389. The van der Waals surface area contributed by atoms with E-state index in [9.17, 15) is 10.1 Å². The first-order valence-corrected chi connectivity index (χ1v) is 7.13. The molecule has 108 valence electrons. The maximum Gasteiger partial charge on any atom is 0.381 e. The third kappa shape index (κ3) is 2.49. The van der Waals surface area contributed by atoms with Gasteiger partial charge in [0, 0.05) is 45.2 Å². The van der Waals surface area contributed by atoms with E-state index in [4.69, 9.17) is 0 Å². The molecule has 2 aliphatic heterocycles. The van der Waals surface area contributed by atoms with Crippen LogP contribution in [0.2, 0.25) is 0 Å². The first-order chi connectivity index (χ1) is 9.65. The maximum absolute atomic E-state index is 10.8. The average molecular weight is 297 g/mol. The van der Waals surface area contributed by atoms with Gasteiger partial charge in [0.05, 0.1) is 6.21 Å². The number of nitrogens with one attached hydrogen (secondary N) is 1. The van der Waals surface area contributed by atoms with Gasteiger partial charge in [-0.05, 0) is 9.91 Å². The predicted octanol–water partition coefficient (Wildman–Crippen LogP) is 0.139. The van der Waals surface area contributed by atoms with Crippen molar-refractivity contribution < 1.29 is 4.92 Å². The minimum atomic E-state index is -0.478. The van der Waals surface area contributed by atoms with Crippen molar-refractivity contribution in [2.75, 3.05) is 26.2 Å². The zero-order valence-electron chi connectivity index (χ0n) is 11.0. The second-order valence-corrected chi connectivity index (χ2v) is 5.62. The molecule has 0 radical (unpaired) electrons. The van der Waals surface area contributed by atoms with Crippen molar-refractivity contribution in [3.05, 3.63) is 22.1 Å². The molecular formula is C10H15N7O2S. The van der Waals surface area contributed by atoms with Crippen molar-refractivity contribution in [1.29, 1.82) is 0 Å². The molecule has 1 aromatic heterocycles. The number of hydrazine groups is 1. The molecule has 1 unspecified atom stereocenters. The van der Waals surface area contributed by atoms with Gasteiger partial charge in [-0.3, -0.25) is 0 Å². The Morgan fingerprint density at radius 3 is 2.90 bits per heavy atom. The predicted molar refractivity (Wildman–Crippen MR) is 75.0 cm³/mol. The van der Waals surface area contributed by atoms with Crippen molar-refractivity contribution in [3.8, 4) is 0 Å². The quantitative estimate of drug-likeness (QED) is 0.482. The number of hydrogen-bond donors (Lipinski definition) is 1. The van der Waals surface area contributed by atoms with Gasteiger partial charge in [-0.1, -0.05) is 0 Å². The van der Waals surface area contributed by atoms with Crippen LogP contribution in [0.5, 0.6) is 0 Å². The molecule has 2 aliphatic rings. The summed E-state index contributed by atoms with van der Waals surface area (Å²) in [6.07, 6.45) is 3.20. The summed E-state index contributed by atoms with van der Waals surface area (Å²) in [5.74, 6) is 0.514. The van der Waals surface area contributed by atoms with E-state index in [1.54, 1.807) is 17.8 Å². The van der Waals surface area contributed by atoms with E-state index in [-0.39, 0.29) is 11.1 Å². The number of aromatic nitrogens is 2. The largest absolute Gasteiger partial charge is 0.381 e. The van der Waals surface area contributed by atoms with E-state index < -0.39 is 4.92 Å². The zero-order chi connectivity index (χ0) is 14.1.